The maximum Gasteiger partial charge on any atom is 0.251 e. The van der Waals surface area contributed by atoms with E-state index in [-0.39, 0.29) is 5.91 Å². The fraction of sp³-hybridized carbons (Fsp3) is 0.133. The molecule has 0 aliphatic heterocycles. The van der Waals surface area contributed by atoms with Gasteiger partial charge in [0.1, 0.15) is 0 Å². The van der Waals surface area contributed by atoms with Crippen LogP contribution in [0, 0.1) is 6.92 Å². The van der Waals surface area contributed by atoms with Crippen molar-refractivity contribution >= 4 is 11.6 Å². The van der Waals surface area contributed by atoms with Gasteiger partial charge in [-0.15, -0.1) is 0 Å². The van der Waals surface area contributed by atoms with Crippen LogP contribution in [0.15, 0.2) is 48.5 Å². The van der Waals surface area contributed by atoms with E-state index in [1.807, 2.05) is 49.4 Å². The van der Waals surface area contributed by atoms with Gasteiger partial charge in [0.05, 0.1) is 0 Å². The predicted molar refractivity (Wildman–Crippen MR) is 73.2 cm³/mol. The standard InChI is InChI=1S/C15H16N2O/c1-11-7-13(9-14(16)8-11)15(18)17-10-12-5-3-2-4-6-12/h2-9H,10,16H2,1H3,(H,17,18). The highest BCUT2D eigenvalue weighted by Gasteiger charge is 2.06. The number of carbonyl (C=O) groups excluding carboxylic acids is 1. The minimum absolute atomic E-state index is 0.103. The Bertz CT molecular complexity index is 529. The number of nitrogens with one attached hydrogen (secondary N) is 1. The minimum atomic E-state index is -0.103. The van der Waals surface area contributed by atoms with E-state index in [2.05, 4.69) is 5.32 Å². The van der Waals surface area contributed by atoms with Gasteiger partial charge in [-0.05, 0) is 36.2 Å². The monoisotopic (exact) mass is 240 g/mol. The molecule has 0 fully saturated rings. The fourth-order valence-electron chi connectivity index (χ4n) is 1.82. The zero-order valence-electron chi connectivity index (χ0n) is 10.3. The normalized spacial score (nSPS) is 10.1. The molecule has 0 bridgehead atoms. The summed E-state index contributed by atoms with van der Waals surface area (Å²) in [7, 11) is 0. The lowest BCUT2D eigenvalue weighted by molar-refractivity contribution is 0.0951. The van der Waals surface area contributed by atoms with E-state index in [4.69, 9.17) is 5.73 Å². The number of nitrogen functional groups attached to an aromatic ring is 1. The number of nitrogens with two attached hydrogens (primary N) is 1. The summed E-state index contributed by atoms with van der Waals surface area (Å²) >= 11 is 0. The molecule has 0 saturated carbocycles. The van der Waals surface area contributed by atoms with E-state index >= 15 is 0 Å². The molecule has 0 atom stereocenters. The number of amides is 1. The number of anilines is 1. The van der Waals surface area contributed by atoms with Gasteiger partial charge in [0.25, 0.3) is 5.91 Å². The van der Waals surface area contributed by atoms with Gasteiger partial charge in [-0.25, -0.2) is 0 Å². The van der Waals surface area contributed by atoms with Gasteiger partial charge in [0.15, 0.2) is 0 Å². The van der Waals surface area contributed by atoms with Gasteiger partial charge in [-0.2, -0.15) is 0 Å². The molecule has 0 aromatic heterocycles. The number of rotatable bonds is 3. The van der Waals surface area contributed by atoms with Crippen LogP contribution in [0.1, 0.15) is 21.5 Å². The van der Waals surface area contributed by atoms with Crippen LogP contribution in [0.2, 0.25) is 0 Å². The summed E-state index contributed by atoms with van der Waals surface area (Å²) in [5, 5.41) is 2.88. The Hall–Kier alpha value is -2.29. The van der Waals surface area contributed by atoms with Crippen molar-refractivity contribution in [3.8, 4) is 0 Å². The van der Waals surface area contributed by atoms with Crippen molar-refractivity contribution in [3.63, 3.8) is 0 Å². The Morgan fingerprint density at radius 1 is 1.17 bits per heavy atom. The molecule has 0 saturated heterocycles. The first-order chi connectivity index (χ1) is 8.65. The van der Waals surface area contributed by atoms with Gasteiger partial charge >= 0.3 is 0 Å². The van der Waals surface area contributed by atoms with Gasteiger partial charge in [0.2, 0.25) is 0 Å². The average molecular weight is 240 g/mol. The molecule has 0 radical (unpaired) electrons. The molecule has 1 amide bonds. The number of hydrogen-bond donors (Lipinski definition) is 2. The van der Waals surface area contributed by atoms with Crippen molar-refractivity contribution in [2.24, 2.45) is 0 Å². The van der Waals surface area contributed by atoms with E-state index in [0.717, 1.165) is 11.1 Å². The summed E-state index contributed by atoms with van der Waals surface area (Å²) in [5.74, 6) is -0.103. The van der Waals surface area contributed by atoms with Crippen molar-refractivity contribution in [1.82, 2.24) is 5.32 Å². The molecule has 2 aromatic carbocycles. The summed E-state index contributed by atoms with van der Waals surface area (Å²) in [6.07, 6.45) is 0. The van der Waals surface area contributed by atoms with Crippen LogP contribution in [0.5, 0.6) is 0 Å². The lowest BCUT2D eigenvalue weighted by Crippen LogP contribution is -2.22. The van der Waals surface area contributed by atoms with E-state index < -0.39 is 0 Å². The van der Waals surface area contributed by atoms with Crippen molar-refractivity contribution in [1.29, 1.82) is 0 Å². The van der Waals surface area contributed by atoms with E-state index in [0.29, 0.717) is 17.8 Å². The molecule has 2 rings (SSSR count). The first-order valence-corrected chi connectivity index (χ1v) is 5.84. The summed E-state index contributed by atoms with van der Waals surface area (Å²) in [6, 6.07) is 15.2. The van der Waals surface area contributed by atoms with Crippen LogP contribution in [-0.2, 0) is 6.54 Å². The first-order valence-electron chi connectivity index (χ1n) is 5.84. The van der Waals surface area contributed by atoms with Crippen LogP contribution in [0.3, 0.4) is 0 Å². The summed E-state index contributed by atoms with van der Waals surface area (Å²) in [6.45, 7) is 2.44. The zero-order chi connectivity index (χ0) is 13.0. The van der Waals surface area contributed by atoms with Crippen LogP contribution in [-0.4, -0.2) is 5.91 Å². The van der Waals surface area contributed by atoms with E-state index in [9.17, 15) is 4.79 Å². The van der Waals surface area contributed by atoms with Crippen molar-refractivity contribution in [3.05, 3.63) is 65.2 Å². The molecule has 3 heteroatoms. The van der Waals surface area contributed by atoms with Crippen LogP contribution >= 0.6 is 0 Å². The smallest absolute Gasteiger partial charge is 0.251 e. The van der Waals surface area contributed by atoms with E-state index in [1.165, 1.54) is 0 Å². The lowest BCUT2D eigenvalue weighted by Gasteiger charge is -2.07. The molecule has 0 spiro atoms. The Balaban J connectivity index is 2.04. The second kappa shape index (κ2) is 5.36. The quantitative estimate of drug-likeness (QED) is 0.810. The van der Waals surface area contributed by atoms with Gasteiger partial charge in [-0.1, -0.05) is 30.3 Å². The Morgan fingerprint density at radius 3 is 2.56 bits per heavy atom. The molecule has 0 heterocycles. The number of hydrogen-bond acceptors (Lipinski definition) is 2. The maximum absolute atomic E-state index is 12.0. The highest BCUT2D eigenvalue weighted by molar-refractivity contribution is 5.95. The number of aryl methyl sites for hydroxylation is 1. The topological polar surface area (TPSA) is 55.1 Å². The summed E-state index contributed by atoms with van der Waals surface area (Å²) < 4.78 is 0. The molecular formula is C15H16N2O. The lowest BCUT2D eigenvalue weighted by atomic mass is 10.1. The van der Waals surface area contributed by atoms with Gasteiger partial charge in [-0.3, -0.25) is 4.79 Å². The Morgan fingerprint density at radius 2 is 1.89 bits per heavy atom. The molecule has 18 heavy (non-hydrogen) atoms. The highest BCUT2D eigenvalue weighted by atomic mass is 16.1. The zero-order valence-corrected chi connectivity index (χ0v) is 10.3. The molecule has 0 aliphatic carbocycles. The molecule has 3 nitrogen and oxygen atoms in total. The molecule has 92 valence electrons. The largest absolute Gasteiger partial charge is 0.399 e. The third-order valence-corrected chi connectivity index (χ3v) is 2.66. The van der Waals surface area contributed by atoms with Gasteiger partial charge in [0, 0.05) is 17.8 Å². The van der Waals surface area contributed by atoms with Crippen molar-refractivity contribution < 1.29 is 4.79 Å². The molecule has 0 unspecified atom stereocenters. The van der Waals surface area contributed by atoms with Gasteiger partial charge < -0.3 is 11.1 Å². The second-order valence-corrected chi connectivity index (χ2v) is 4.30. The molecule has 3 N–H and O–H groups in total. The maximum atomic E-state index is 12.0. The summed E-state index contributed by atoms with van der Waals surface area (Å²) in [5.41, 5.74) is 9.00. The number of carbonyl (C=O) groups is 1. The fourth-order valence-corrected chi connectivity index (χ4v) is 1.82. The predicted octanol–water partition coefficient (Wildman–Crippen LogP) is 2.51. The van der Waals surface area contributed by atoms with Crippen LogP contribution in [0.25, 0.3) is 0 Å². The first kappa shape index (κ1) is 12.2. The molecule has 2 aromatic rings. The summed E-state index contributed by atoms with van der Waals surface area (Å²) in [4.78, 5) is 12.0. The highest BCUT2D eigenvalue weighted by Crippen LogP contribution is 2.11. The Kier molecular flexibility index (Phi) is 3.63. The third-order valence-electron chi connectivity index (χ3n) is 2.66. The van der Waals surface area contributed by atoms with E-state index in [1.54, 1.807) is 6.07 Å². The van der Waals surface area contributed by atoms with Crippen molar-refractivity contribution in [2.45, 2.75) is 13.5 Å². The third kappa shape index (κ3) is 3.10. The van der Waals surface area contributed by atoms with Crippen LogP contribution < -0.4 is 11.1 Å². The molecular weight excluding hydrogens is 224 g/mol. The number of benzene rings is 2. The minimum Gasteiger partial charge on any atom is -0.399 e. The van der Waals surface area contributed by atoms with Crippen LogP contribution in [0.4, 0.5) is 5.69 Å². The average Bonchev–Trinajstić information content (AvgIpc) is 2.36. The SMILES string of the molecule is Cc1cc(N)cc(C(=O)NCc2ccccc2)c1. The molecule has 0 aliphatic rings. The Labute approximate surface area is 107 Å². The van der Waals surface area contributed by atoms with Crippen molar-refractivity contribution in [2.75, 3.05) is 5.73 Å². The second-order valence-electron chi connectivity index (χ2n) is 4.30.